The van der Waals surface area contributed by atoms with Crippen molar-refractivity contribution in [3.63, 3.8) is 0 Å². The van der Waals surface area contributed by atoms with Gasteiger partial charge in [-0.2, -0.15) is 0 Å². The molecule has 1 rings (SSSR count). The smallest absolute Gasteiger partial charge is 0.175 e. The van der Waals surface area contributed by atoms with Gasteiger partial charge in [-0.1, -0.05) is 5.57 Å². The van der Waals surface area contributed by atoms with Crippen molar-refractivity contribution in [2.24, 2.45) is 0 Å². The van der Waals surface area contributed by atoms with E-state index in [0.717, 1.165) is 12.1 Å². The molecular formula is C9H15NO. The molecule has 0 saturated heterocycles. The van der Waals surface area contributed by atoms with Crippen LogP contribution in [0.15, 0.2) is 11.6 Å². The monoisotopic (exact) mass is 153 g/mol. The maximum atomic E-state index is 11.4. The maximum absolute atomic E-state index is 11.4. The third-order valence-corrected chi connectivity index (χ3v) is 2.42. The molecular weight excluding hydrogens is 138 g/mol. The van der Waals surface area contributed by atoms with Gasteiger partial charge < -0.3 is 0 Å². The highest BCUT2D eigenvalue weighted by Crippen LogP contribution is 2.20. The second-order valence-corrected chi connectivity index (χ2v) is 3.77. The van der Waals surface area contributed by atoms with Gasteiger partial charge in [0.2, 0.25) is 0 Å². The highest BCUT2D eigenvalue weighted by Gasteiger charge is 2.33. The van der Waals surface area contributed by atoms with Gasteiger partial charge in [0.25, 0.3) is 0 Å². The molecule has 0 radical (unpaired) electrons. The van der Waals surface area contributed by atoms with E-state index in [0.29, 0.717) is 0 Å². The Morgan fingerprint density at radius 2 is 2.09 bits per heavy atom. The number of carbonyl (C=O) groups is 1. The highest BCUT2D eigenvalue weighted by atomic mass is 16.1. The van der Waals surface area contributed by atoms with Gasteiger partial charge in [0.1, 0.15) is 0 Å². The summed E-state index contributed by atoms with van der Waals surface area (Å²) >= 11 is 0. The van der Waals surface area contributed by atoms with E-state index < -0.39 is 0 Å². The molecule has 1 aliphatic rings. The van der Waals surface area contributed by atoms with E-state index in [4.69, 9.17) is 0 Å². The molecule has 0 aromatic carbocycles. The zero-order chi connectivity index (χ0) is 8.65. The predicted octanol–water partition coefficient (Wildman–Crippen LogP) is 1.23. The van der Waals surface area contributed by atoms with E-state index in [1.54, 1.807) is 6.08 Å². The first kappa shape index (κ1) is 8.47. The summed E-state index contributed by atoms with van der Waals surface area (Å²) < 4.78 is 0. The summed E-state index contributed by atoms with van der Waals surface area (Å²) in [6.45, 7) is 6.80. The largest absolute Gasteiger partial charge is 0.293 e. The van der Waals surface area contributed by atoms with Crippen molar-refractivity contribution in [3.8, 4) is 0 Å². The summed E-state index contributed by atoms with van der Waals surface area (Å²) in [5, 5.41) is 0. The van der Waals surface area contributed by atoms with Gasteiger partial charge in [-0.3, -0.25) is 9.69 Å². The van der Waals surface area contributed by atoms with Crippen molar-refractivity contribution in [3.05, 3.63) is 11.6 Å². The van der Waals surface area contributed by atoms with Gasteiger partial charge in [-0.25, -0.2) is 0 Å². The van der Waals surface area contributed by atoms with Gasteiger partial charge >= 0.3 is 0 Å². The van der Waals surface area contributed by atoms with Gasteiger partial charge in [0.15, 0.2) is 5.78 Å². The van der Waals surface area contributed by atoms with Gasteiger partial charge in [0.05, 0.1) is 5.54 Å². The molecule has 0 spiro atoms. The van der Waals surface area contributed by atoms with Crippen molar-refractivity contribution >= 4 is 5.78 Å². The SMILES string of the molecule is CC1=CC(=O)C(C)(C)N(C)C1. The van der Waals surface area contributed by atoms with Crippen molar-refractivity contribution in [2.45, 2.75) is 26.3 Å². The lowest BCUT2D eigenvalue weighted by Crippen LogP contribution is -2.50. The van der Waals surface area contributed by atoms with Crippen molar-refractivity contribution in [1.29, 1.82) is 0 Å². The van der Waals surface area contributed by atoms with E-state index >= 15 is 0 Å². The van der Waals surface area contributed by atoms with Crippen LogP contribution >= 0.6 is 0 Å². The zero-order valence-electron chi connectivity index (χ0n) is 7.64. The Hall–Kier alpha value is -0.630. The number of nitrogens with zero attached hydrogens (tertiary/aromatic N) is 1. The van der Waals surface area contributed by atoms with Gasteiger partial charge in [-0.05, 0) is 33.9 Å². The van der Waals surface area contributed by atoms with E-state index in [1.165, 1.54) is 0 Å². The first-order chi connectivity index (χ1) is 4.94. The number of rotatable bonds is 0. The van der Waals surface area contributed by atoms with Crippen LogP contribution < -0.4 is 0 Å². The summed E-state index contributed by atoms with van der Waals surface area (Å²) in [5.74, 6) is 0.212. The molecule has 0 atom stereocenters. The molecule has 1 heterocycles. The molecule has 0 bridgehead atoms. The van der Waals surface area contributed by atoms with Gasteiger partial charge in [0, 0.05) is 6.54 Å². The number of hydrogen-bond donors (Lipinski definition) is 0. The molecule has 0 aliphatic carbocycles. The number of carbonyl (C=O) groups excluding carboxylic acids is 1. The molecule has 11 heavy (non-hydrogen) atoms. The summed E-state index contributed by atoms with van der Waals surface area (Å²) in [4.78, 5) is 13.5. The van der Waals surface area contributed by atoms with Crippen LogP contribution in [0, 0.1) is 0 Å². The Kier molecular flexibility index (Phi) is 1.89. The molecule has 0 saturated carbocycles. The fraction of sp³-hybridized carbons (Fsp3) is 0.667. The molecule has 62 valence electrons. The summed E-state index contributed by atoms with van der Waals surface area (Å²) in [6.07, 6.45) is 1.75. The predicted molar refractivity (Wildman–Crippen MR) is 45.5 cm³/mol. The first-order valence-corrected chi connectivity index (χ1v) is 3.87. The lowest BCUT2D eigenvalue weighted by atomic mass is 9.91. The quantitative estimate of drug-likeness (QED) is 0.521. The van der Waals surface area contributed by atoms with E-state index in [9.17, 15) is 4.79 Å². The fourth-order valence-electron chi connectivity index (χ4n) is 1.21. The Balaban J connectivity index is 2.96. The Morgan fingerprint density at radius 3 is 2.55 bits per heavy atom. The zero-order valence-corrected chi connectivity index (χ0v) is 7.64. The molecule has 0 unspecified atom stereocenters. The van der Waals surface area contributed by atoms with E-state index in [2.05, 4.69) is 4.90 Å². The Labute approximate surface area is 67.9 Å². The van der Waals surface area contributed by atoms with Crippen molar-refractivity contribution in [1.82, 2.24) is 4.90 Å². The molecule has 0 aromatic heterocycles. The van der Waals surface area contributed by atoms with Crippen LogP contribution in [0.3, 0.4) is 0 Å². The lowest BCUT2D eigenvalue weighted by Gasteiger charge is -2.36. The van der Waals surface area contributed by atoms with Crippen LogP contribution in [-0.4, -0.2) is 29.8 Å². The fourth-order valence-corrected chi connectivity index (χ4v) is 1.21. The standard InChI is InChI=1S/C9H15NO/c1-7-5-8(11)9(2,3)10(4)6-7/h5H,6H2,1-4H3. The number of hydrogen-bond acceptors (Lipinski definition) is 2. The molecule has 0 fully saturated rings. The van der Waals surface area contributed by atoms with Crippen LogP contribution in [0.5, 0.6) is 0 Å². The summed E-state index contributed by atoms with van der Waals surface area (Å²) in [7, 11) is 1.98. The minimum atomic E-state index is -0.306. The normalized spacial score (nSPS) is 25.1. The van der Waals surface area contributed by atoms with Crippen molar-refractivity contribution < 1.29 is 4.79 Å². The van der Waals surface area contributed by atoms with Crippen LogP contribution in [0.25, 0.3) is 0 Å². The summed E-state index contributed by atoms with van der Waals surface area (Å²) in [5.41, 5.74) is 0.844. The van der Waals surface area contributed by atoms with Crippen molar-refractivity contribution in [2.75, 3.05) is 13.6 Å². The molecule has 2 heteroatoms. The van der Waals surface area contributed by atoms with Crippen LogP contribution in [-0.2, 0) is 4.79 Å². The van der Waals surface area contributed by atoms with Gasteiger partial charge in [-0.15, -0.1) is 0 Å². The molecule has 0 amide bonds. The average Bonchev–Trinajstić information content (AvgIpc) is 1.84. The second kappa shape index (κ2) is 2.45. The third-order valence-electron chi connectivity index (χ3n) is 2.42. The first-order valence-electron chi connectivity index (χ1n) is 3.87. The van der Waals surface area contributed by atoms with E-state index in [1.807, 2.05) is 27.8 Å². The third kappa shape index (κ3) is 1.36. The maximum Gasteiger partial charge on any atom is 0.175 e. The molecule has 2 nitrogen and oxygen atoms in total. The average molecular weight is 153 g/mol. The highest BCUT2D eigenvalue weighted by molar-refractivity contribution is 5.98. The minimum Gasteiger partial charge on any atom is -0.293 e. The minimum absolute atomic E-state index is 0.212. The topological polar surface area (TPSA) is 20.3 Å². The Morgan fingerprint density at radius 1 is 1.55 bits per heavy atom. The summed E-state index contributed by atoms with van der Waals surface area (Å²) in [6, 6.07) is 0. The van der Waals surface area contributed by atoms with Crippen LogP contribution in [0.4, 0.5) is 0 Å². The number of likely N-dealkylation sites (N-methyl/N-ethyl adjacent to an activating group) is 1. The van der Waals surface area contributed by atoms with Crippen LogP contribution in [0.1, 0.15) is 20.8 Å². The second-order valence-electron chi connectivity index (χ2n) is 3.77. The lowest BCUT2D eigenvalue weighted by molar-refractivity contribution is -0.124. The Bertz CT molecular complexity index is 216. The molecule has 1 aliphatic heterocycles. The van der Waals surface area contributed by atoms with E-state index in [-0.39, 0.29) is 11.3 Å². The van der Waals surface area contributed by atoms with Crippen LogP contribution in [0.2, 0.25) is 0 Å². The molecule has 0 aromatic rings. The number of ketones is 1. The molecule has 0 N–H and O–H groups in total.